The summed E-state index contributed by atoms with van der Waals surface area (Å²) < 4.78 is 101. The van der Waals surface area contributed by atoms with E-state index in [1.165, 1.54) is 0 Å². The molecule has 0 unspecified atom stereocenters. The summed E-state index contributed by atoms with van der Waals surface area (Å²) in [7, 11) is 0. The highest BCUT2D eigenvalue weighted by atomic mass is 19.3. The zero-order valence-corrected chi connectivity index (χ0v) is 19.9. The number of aryl methyl sites for hydroxylation is 1. The van der Waals surface area contributed by atoms with Crippen LogP contribution in [0, 0.1) is 29.1 Å². The van der Waals surface area contributed by atoms with Crippen LogP contribution < -0.4 is 4.74 Å². The zero-order chi connectivity index (χ0) is 27.4. The van der Waals surface area contributed by atoms with Gasteiger partial charge in [0, 0.05) is 35.5 Å². The molecular weight excluding hydrogens is 511 g/mol. The van der Waals surface area contributed by atoms with Gasteiger partial charge in [-0.25, -0.2) is 22.0 Å². The van der Waals surface area contributed by atoms with Crippen LogP contribution in [0.2, 0.25) is 0 Å². The van der Waals surface area contributed by atoms with Gasteiger partial charge in [-0.3, -0.25) is 4.98 Å². The number of nitrogens with zero attached hydrogens (tertiary/aromatic N) is 1. The molecule has 1 aromatic heterocycles. The number of pyridine rings is 1. The number of ether oxygens (including phenoxy) is 1. The van der Waals surface area contributed by atoms with Crippen molar-refractivity contribution in [1.29, 1.82) is 0 Å². The second-order valence-electron chi connectivity index (χ2n) is 8.43. The summed E-state index contributed by atoms with van der Waals surface area (Å²) in [5, 5.41) is 0. The first-order chi connectivity index (χ1) is 18.1. The summed E-state index contributed by atoms with van der Waals surface area (Å²) in [6.45, 7) is 2.08. The van der Waals surface area contributed by atoms with Gasteiger partial charge in [0.2, 0.25) is 0 Å². The minimum atomic E-state index is -4.22. The Balaban J connectivity index is 1.51. The van der Waals surface area contributed by atoms with Crippen molar-refractivity contribution in [2.75, 3.05) is 0 Å². The Morgan fingerprint density at radius 3 is 1.92 bits per heavy atom. The Morgan fingerprint density at radius 1 is 0.763 bits per heavy atom. The number of alkyl halides is 2. The maximum atomic E-state index is 14.7. The van der Waals surface area contributed by atoms with Crippen molar-refractivity contribution in [3.63, 3.8) is 0 Å². The van der Waals surface area contributed by atoms with Gasteiger partial charge in [-0.1, -0.05) is 43.7 Å². The molecule has 0 saturated carbocycles. The van der Waals surface area contributed by atoms with Crippen LogP contribution in [-0.4, -0.2) is 11.1 Å². The summed E-state index contributed by atoms with van der Waals surface area (Å²) in [5.74, 6) is -8.58. The van der Waals surface area contributed by atoms with E-state index in [-0.39, 0.29) is 23.8 Å². The third-order valence-corrected chi connectivity index (χ3v) is 5.61. The number of halogens is 7. The van der Waals surface area contributed by atoms with Crippen molar-refractivity contribution in [3.8, 4) is 28.1 Å². The third-order valence-electron chi connectivity index (χ3n) is 5.61. The molecule has 0 amide bonds. The van der Waals surface area contributed by atoms with Gasteiger partial charge < -0.3 is 4.74 Å². The second-order valence-corrected chi connectivity index (χ2v) is 8.43. The maximum absolute atomic E-state index is 14.7. The van der Waals surface area contributed by atoms with E-state index in [1.54, 1.807) is 30.5 Å². The number of hydrogen-bond donors (Lipinski definition) is 0. The zero-order valence-electron chi connectivity index (χ0n) is 19.9. The molecule has 0 atom stereocenters. The van der Waals surface area contributed by atoms with E-state index in [0.29, 0.717) is 11.6 Å². The van der Waals surface area contributed by atoms with Crippen LogP contribution in [0.25, 0.3) is 28.5 Å². The molecule has 4 rings (SSSR count). The third kappa shape index (κ3) is 6.22. The standard InChI is InChI=1S/C29H20F7NO/c1-2-3-17-4-9-27(37-16-17)19-7-5-18(6-8-19)20-12-23(30)22(24(31)13-20)10-11-29(35,36)38-21-14-25(32)28(34)26(33)15-21/h4-16H,2-3H2,1H3. The minimum absolute atomic E-state index is 0.0148. The molecule has 3 aromatic carbocycles. The molecule has 4 aromatic rings. The topological polar surface area (TPSA) is 22.1 Å². The van der Waals surface area contributed by atoms with Gasteiger partial charge in [0.25, 0.3) is 0 Å². The highest BCUT2D eigenvalue weighted by Crippen LogP contribution is 2.30. The fourth-order valence-corrected chi connectivity index (χ4v) is 3.74. The Labute approximate surface area is 214 Å². The van der Waals surface area contributed by atoms with Gasteiger partial charge in [-0.05, 0) is 47.4 Å². The highest BCUT2D eigenvalue weighted by Gasteiger charge is 2.29. The second kappa shape index (κ2) is 11.1. The predicted octanol–water partition coefficient (Wildman–Crippen LogP) is 8.75. The molecule has 0 saturated heterocycles. The first-order valence-electron chi connectivity index (χ1n) is 11.5. The number of hydrogen-bond acceptors (Lipinski definition) is 2. The van der Waals surface area contributed by atoms with Gasteiger partial charge in [0.15, 0.2) is 17.5 Å². The lowest BCUT2D eigenvalue weighted by Crippen LogP contribution is -2.21. The van der Waals surface area contributed by atoms with Crippen LogP contribution in [-0.2, 0) is 6.42 Å². The molecule has 9 heteroatoms. The fraction of sp³-hybridized carbons (Fsp3) is 0.138. The molecule has 38 heavy (non-hydrogen) atoms. The van der Waals surface area contributed by atoms with Crippen LogP contribution in [0.1, 0.15) is 24.5 Å². The molecule has 1 heterocycles. The molecule has 0 spiro atoms. The first kappa shape index (κ1) is 26.9. The van der Waals surface area contributed by atoms with Crippen molar-refractivity contribution >= 4 is 6.08 Å². The summed E-state index contributed by atoms with van der Waals surface area (Å²) in [6, 6.07) is 13.1. The van der Waals surface area contributed by atoms with Gasteiger partial charge in [0.05, 0.1) is 5.69 Å². The van der Waals surface area contributed by atoms with Crippen molar-refractivity contribution in [2.45, 2.75) is 25.9 Å². The Morgan fingerprint density at radius 2 is 1.37 bits per heavy atom. The monoisotopic (exact) mass is 531 g/mol. The van der Waals surface area contributed by atoms with Crippen LogP contribution in [0.3, 0.4) is 0 Å². The molecule has 0 radical (unpaired) electrons. The van der Waals surface area contributed by atoms with E-state index in [0.717, 1.165) is 41.8 Å². The van der Waals surface area contributed by atoms with E-state index in [1.807, 2.05) is 12.1 Å². The summed E-state index contributed by atoms with van der Waals surface area (Å²) in [6.07, 6.45) is -0.0243. The molecule has 0 aliphatic heterocycles. The maximum Gasteiger partial charge on any atom is 0.419 e. The molecule has 0 bridgehead atoms. The van der Waals surface area contributed by atoms with Gasteiger partial charge in [-0.15, -0.1) is 0 Å². The Kier molecular flexibility index (Phi) is 7.85. The lowest BCUT2D eigenvalue weighted by atomic mass is 10.00. The lowest BCUT2D eigenvalue weighted by molar-refractivity contribution is -0.131. The van der Waals surface area contributed by atoms with Crippen molar-refractivity contribution in [3.05, 3.63) is 113 Å². The van der Waals surface area contributed by atoms with E-state index >= 15 is 0 Å². The predicted molar refractivity (Wildman–Crippen MR) is 130 cm³/mol. The van der Waals surface area contributed by atoms with Crippen molar-refractivity contribution in [2.24, 2.45) is 0 Å². The molecule has 0 fully saturated rings. The van der Waals surface area contributed by atoms with E-state index in [4.69, 9.17) is 0 Å². The van der Waals surface area contributed by atoms with E-state index < -0.39 is 46.5 Å². The van der Waals surface area contributed by atoms with Crippen molar-refractivity contribution < 1.29 is 35.5 Å². The normalized spacial score (nSPS) is 11.8. The molecular formula is C29H20F7NO. The van der Waals surface area contributed by atoms with Crippen LogP contribution in [0.4, 0.5) is 30.7 Å². The van der Waals surface area contributed by atoms with E-state index in [2.05, 4.69) is 16.6 Å². The number of rotatable bonds is 8. The van der Waals surface area contributed by atoms with Crippen LogP contribution in [0.15, 0.2) is 72.9 Å². The summed E-state index contributed by atoms with van der Waals surface area (Å²) in [5.41, 5.74) is 2.55. The average molecular weight is 531 g/mol. The molecule has 0 N–H and O–H groups in total. The van der Waals surface area contributed by atoms with Gasteiger partial charge >= 0.3 is 6.11 Å². The Bertz CT molecular complexity index is 1420. The van der Waals surface area contributed by atoms with Crippen molar-refractivity contribution in [1.82, 2.24) is 4.98 Å². The molecule has 2 nitrogen and oxygen atoms in total. The van der Waals surface area contributed by atoms with E-state index in [9.17, 15) is 30.7 Å². The fourth-order valence-electron chi connectivity index (χ4n) is 3.74. The number of benzene rings is 3. The molecule has 196 valence electrons. The lowest BCUT2D eigenvalue weighted by Gasteiger charge is -2.15. The quantitative estimate of drug-likeness (QED) is 0.168. The van der Waals surface area contributed by atoms with Crippen LogP contribution in [0.5, 0.6) is 5.75 Å². The molecule has 0 aliphatic rings. The van der Waals surface area contributed by atoms with Gasteiger partial charge in [-0.2, -0.15) is 8.78 Å². The van der Waals surface area contributed by atoms with Crippen LogP contribution >= 0.6 is 0 Å². The van der Waals surface area contributed by atoms with Gasteiger partial charge in [0.1, 0.15) is 17.4 Å². The average Bonchev–Trinajstić information content (AvgIpc) is 2.87. The SMILES string of the molecule is CCCc1ccc(-c2ccc(-c3cc(F)c(C=CC(F)(F)Oc4cc(F)c(F)c(F)c4)c(F)c3)cc2)nc1. The summed E-state index contributed by atoms with van der Waals surface area (Å²) in [4.78, 5) is 4.44. The highest BCUT2D eigenvalue weighted by molar-refractivity contribution is 5.70. The smallest absolute Gasteiger partial charge is 0.419 e. The summed E-state index contributed by atoms with van der Waals surface area (Å²) >= 11 is 0. The first-order valence-corrected chi connectivity index (χ1v) is 11.5. The largest absolute Gasteiger partial charge is 0.429 e. The Hall–Kier alpha value is -4.14. The number of aromatic nitrogens is 1. The molecule has 0 aliphatic carbocycles. The minimum Gasteiger partial charge on any atom is -0.429 e.